The van der Waals surface area contributed by atoms with Crippen LogP contribution in [0, 0.1) is 25.2 Å². The molecule has 0 unspecified atom stereocenters. The highest BCUT2D eigenvalue weighted by atomic mass is 19.4. The number of anilines is 1. The Hall–Kier alpha value is -2.92. The maximum atomic E-state index is 12.5. The van der Waals surface area contributed by atoms with Gasteiger partial charge < -0.3 is 5.32 Å². The third-order valence-corrected chi connectivity index (χ3v) is 6.40. The van der Waals surface area contributed by atoms with E-state index in [1.54, 1.807) is 6.20 Å². The summed E-state index contributed by atoms with van der Waals surface area (Å²) in [4.78, 5) is 10.7. The minimum absolute atomic E-state index is 0.0327. The topological polar surface area (TPSA) is 64.8 Å². The second kappa shape index (κ2) is 11.5. The first-order valence-electron chi connectivity index (χ1n) is 11.7. The molecule has 34 heavy (non-hydrogen) atoms. The average molecular weight is 472 g/mol. The number of hydrogen-bond donors (Lipinski definition) is 1. The Bertz CT molecular complexity index is 1050. The molecule has 1 aliphatic heterocycles. The number of benzene rings is 1. The SMILES string of the molecule is C/C(C#N)=C\c1c(C)ccc(CN2CCC(Nc3ncncc3CCCC(F)(F)F)CC2)c1C. The van der Waals surface area contributed by atoms with Crippen molar-refractivity contribution < 1.29 is 13.2 Å². The van der Waals surface area contributed by atoms with Crippen molar-refractivity contribution in [1.82, 2.24) is 14.9 Å². The van der Waals surface area contributed by atoms with Gasteiger partial charge in [0.1, 0.15) is 12.1 Å². The normalized spacial score (nSPS) is 15.9. The number of nitriles is 1. The fraction of sp³-hybridized carbons (Fsp3) is 0.500. The van der Waals surface area contributed by atoms with E-state index in [0.717, 1.165) is 49.2 Å². The zero-order valence-electron chi connectivity index (χ0n) is 20.0. The molecular formula is C26H32F3N5. The van der Waals surface area contributed by atoms with Crippen molar-refractivity contribution in [1.29, 1.82) is 5.26 Å². The summed E-state index contributed by atoms with van der Waals surface area (Å²) in [6.45, 7) is 8.69. The average Bonchev–Trinajstić information content (AvgIpc) is 2.80. The number of aryl methyl sites for hydroxylation is 2. The fourth-order valence-electron chi connectivity index (χ4n) is 4.37. The number of piperidine rings is 1. The van der Waals surface area contributed by atoms with Crippen LogP contribution in [0.15, 0.2) is 30.2 Å². The van der Waals surface area contributed by atoms with Gasteiger partial charge in [0.2, 0.25) is 0 Å². The number of aromatic nitrogens is 2. The first-order valence-corrected chi connectivity index (χ1v) is 11.7. The summed E-state index contributed by atoms with van der Waals surface area (Å²) >= 11 is 0. The summed E-state index contributed by atoms with van der Waals surface area (Å²) in [7, 11) is 0. The molecule has 2 aromatic rings. The van der Waals surface area contributed by atoms with Crippen molar-refractivity contribution in [3.63, 3.8) is 0 Å². The van der Waals surface area contributed by atoms with E-state index in [2.05, 4.69) is 52.2 Å². The van der Waals surface area contributed by atoms with Gasteiger partial charge in [0.05, 0.1) is 6.07 Å². The van der Waals surface area contributed by atoms with E-state index in [9.17, 15) is 13.2 Å². The minimum Gasteiger partial charge on any atom is -0.367 e. The van der Waals surface area contributed by atoms with Crippen molar-refractivity contribution in [2.24, 2.45) is 0 Å². The van der Waals surface area contributed by atoms with Crippen LogP contribution in [-0.2, 0) is 13.0 Å². The summed E-state index contributed by atoms with van der Waals surface area (Å²) < 4.78 is 37.5. The fourth-order valence-corrected chi connectivity index (χ4v) is 4.37. The van der Waals surface area contributed by atoms with E-state index in [1.807, 2.05) is 13.0 Å². The van der Waals surface area contributed by atoms with E-state index in [0.29, 0.717) is 17.8 Å². The molecular weight excluding hydrogens is 439 g/mol. The standard InChI is InChI=1S/C26H32F3N5/c1-18(14-30)13-24-19(2)6-7-22(20(24)3)16-34-11-8-23(9-12-34)33-25-21(15-31-17-32-25)5-4-10-26(27,28)29/h6-7,13,15,17,23H,4-5,8-12,16H2,1-3H3,(H,31,32,33)/b18-13+. The highest BCUT2D eigenvalue weighted by Crippen LogP contribution is 2.26. The molecule has 5 nitrogen and oxygen atoms in total. The Balaban J connectivity index is 1.57. The molecule has 0 amide bonds. The van der Waals surface area contributed by atoms with E-state index < -0.39 is 12.6 Å². The van der Waals surface area contributed by atoms with Crippen LogP contribution in [0.2, 0.25) is 0 Å². The molecule has 0 bridgehead atoms. The van der Waals surface area contributed by atoms with Crippen LogP contribution in [0.1, 0.15) is 60.4 Å². The summed E-state index contributed by atoms with van der Waals surface area (Å²) in [5.41, 5.74) is 6.18. The quantitative estimate of drug-likeness (QED) is 0.480. The van der Waals surface area contributed by atoms with Crippen LogP contribution >= 0.6 is 0 Å². The Kier molecular flexibility index (Phi) is 8.67. The Labute approximate surface area is 199 Å². The Morgan fingerprint density at radius 3 is 2.65 bits per heavy atom. The molecule has 2 heterocycles. The van der Waals surface area contributed by atoms with Gasteiger partial charge in [-0.2, -0.15) is 18.4 Å². The first-order chi connectivity index (χ1) is 16.2. The molecule has 0 aliphatic carbocycles. The van der Waals surface area contributed by atoms with Gasteiger partial charge in [-0.05, 0) is 74.8 Å². The Morgan fingerprint density at radius 2 is 1.97 bits per heavy atom. The number of rotatable bonds is 8. The molecule has 0 spiro atoms. The third kappa shape index (κ3) is 7.29. The number of nitrogens with one attached hydrogen (secondary N) is 1. The highest BCUT2D eigenvalue weighted by molar-refractivity contribution is 5.63. The third-order valence-electron chi connectivity index (χ3n) is 6.40. The van der Waals surface area contributed by atoms with Crippen LogP contribution in [0.4, 0.5) is 19.0 Å². The smallest absolute Gasteiger partial charge is 0.367 e. The largest absolute Gasteiger partial charge is 0.389 e. The number of likely N-dealkylation sites (tertiary alicyclic amines) is 1. The zero-order chi connectivity index (χ0) is 24.7. The molecule has 8 heteroatoms. The second-order valence-corrected chi connectivity index (χ2v) is 9.08. The van der Waals surface area contributed by atoms with Gasteiger partial charge in [0.15, 0.2) is 0 Å². The van der Waals surface area contributed by atoms with E-state index in [1.165, 1.54) is 17.5 Å². The summed E-state index contributed by atoms with van der Waals surface area (Å²) in [6, 6.07) is 6.71. The van der Waals surface area contributed by atoms with Crippen LogP contribution in [-0.4, -0.2) is 40.2 Å². The molecule has 1 aliphatic rings. The van der Waals surface area contributed by atoms with Crippen molar-refractivity contribution >= 4 is 11.9 Å². The van der Waals surface area contributed by atoms with E-state index >= 15 is 0 Å². The summed E-state index contributed by atoms with van der Waals surface area (Å²) in [6.07, 6.45) is 2.25. The minimum atomic E-state index is -4.14. The number of nitrogens with zero attached hydrogens (tertiary/aromatic N) is 4. The van der Waals surface area contributed by atoms with Crippen LogP contribution < -0.4 is 5.32 Å². The number of allylic oxidation sites excluding steroid dienone is 1. The highest BCUT2D eigenvalue weighted by Gasteiger charge is 2.26. The van der Waals surface area contributed by atoms with Crippen molar-refractivity contribution in [2.45, 2.75) is 71.6 Å². The van der Waals surface area contributed by atoms with Gasteiger partial charge >= 0.3 is 6.18 Å². The molecule has 182 valence electrons. The molecule has 1 fully saturated rings. The summed E-state index contributed by atoms with van der Waals surface area (Å²) in [5.74, 6) is 0.647. The number of hydrogen-bond acceptors (Lipinski definition) is 5. The zero-order valence-corrected chi connectivity index (χ0v) is 20.0. The molecule has 1 aromatic carbocycles. The van der Waals surface area contributed by atoms with E-state index in [-0.39, 0.29) is 12.5 Å². The van der Waals surface area contributed by atoms with Crippen LogP contribution in [0.25, 0.3) is 6.08 Å². The molecule has 0 saturated carbocycles. The van der Waals surface area contributed by atoms with Crippen LogP contribution in [0.3, 0.4) is 0 Å². The van der Waals surface area contributed by atoms with Crippen LogP contribution in [0.5, 0.6) is 0 Å². The monoisotopic (exact) mass is 471 g/mol. The second-order valence-electron chi connectivity index (χ2n) is 9.08. The van der Waals surface area contributed by atoms with Gasteiger partial charge in [-0.1, -0.05) is 12.1 Å². The molecule has 0 atom stereocenters. The molecule has 1 saturated heterocycles. The molecule has 1 aromatic heterocycles. The van der Waals surface area contributed by atoms with Gasteiger partial charge in [0, 0.05) is 49.4 Å². The molecule has 0 radical (unpaired) electrons. The predicted octanol–water partition coefficient (Wildman–Crippen LogP) is 5.98. The summed E-state index contributed by atoms with van der Waals surface area (Å²) in [5, 5.41) is 12.6. The number of alkyl halides is 3. The van der Waals surface area contributed by atoms with Gasteiger partial charge in [0.25, 0.3) is 0 Å². The lowest BCUT2D eigenvalue weighted by Gasteiger charge is -2.33. The Morgan fingerprint density at radius 1 is 1.24 bits per heavy atom. The lowest BCUT2D eigenvalue weighted by atomic mass is 9.95. The lowest BCUT2D eigenvalue weighted by Crippen LogP contribution is -2.39. The molecule has 1 N–H and O–H groups in total. The van der Waals surface area contributed by atoms with Crippen molar-refractivity contribution in [3.05, 3.63) is 58.0 Å². The maximum Gasteiger partial charge on any atom is 0.389 e. The van der Waals surface area contributed by atoms with Crippen molar-refractivity contribution in [2.75, 3.05) is 18.4 Å². The van der Waals surface area contributed by atoms with Gasteiger partial charge in [-0.15, -0.1) is 0 Å². The van der Waals surface area contributed by atoms with Gasteiger partial charge in [-0.3, -0.25) is 4.90 Å². The first kappa shape index (κ1) is 25.7. The van der Waals surface area contributed by atoms with Crippen molar-refractivity contribution in [3.8, 4) is 6.07 Å². The van der Waals surface area contributed by atoms with E-state index in [4.69, 9.17) is 5.26 Å². The predicted molar refractivity (Wildman–Crippen MR) is 128 cm³/mol. The lowest BCUT2D eigenvalue weighted by molar-refractivity contribution is -0.135. The maximum absolute atomic E-state index is 12.5. The molecule has 3 rings (SSSR count). The number of halogens is 3. The van der Waals surface area contributed by atoms with Gasteiger partial charge in [-0.25, -0.2) is 9.97 Å².